The molecule has 0 aromatic rings. The molecule has 0 unspecified atom stereocenters. The van der Waals surface area contributed by atoms with Gasteiger partial charge in [-0.25, -0.2) is 4.79 Å². The maximum atomic E-state index is 10.2. The summed E-state index contributed by atoms with van der Waals surface area (Å²) in [7, 11) is 0. The maximum Gasteiger partial charge on any atom is 0.391 e. The van der Waals surface area contributed by atoms with Crippen LogP contribution in [0.1, 0.15) is 0 Å². The van der Waals surface area contributed by atoms with Crippen LogP contribution in [0.15, 0.2) is 24.1 Å². The Morgan fingerprint density at radius 2 is 2.29 bits per heavy atom. The van der Waals surface area contributed by atoms with E-state index in [4.69, 9.17) is 10.5 Å². The Labute approximate surface area is 78.5 Å². The molecule has 8 heteroatoms. The first-order valence-electron chi connectivity index (χ1n) is 3.48. The molecule has 76 valence electrons. The zero-order valence-electron chi connectivity index (χ0n) is 6.89. The summed E-state index contributed by atoms with van der Waals surface area (Å²) in [4.78, 5) is 9.52. The number of ether oxygens (including phenoxy) is 1. The van der Waals surface area contributed by atoms with Crippen LogP contribution in [-0.2, 0) is 4.74 Å². The van der Waals surface area contributed by atoms with Gasteiger partial charge in [-0.15, -0.1) is 4.90 Å². The van der Waals surface area contributed by atoms with Crippen LogP contribution in [0.3, 0.4) is 0 Å². The second-order valence-electron chi connectivity index (χ2n) is 2.21. The summed E-state index contributed by atoms with van der Waals surface area (Å²) in [5.74, 6) is -0.178. The highest BCUT2D eigenvalue weighted by atomic mass is 16.8. The fourth-order valence-corrected chi connectivity index (χ4v) is 0.696. The number of amides is 2. The van der Waals surface area contributed by atoms with Crippen molar-refractivity contribution >= 4 is 11.9 Å². The molecule has 1 rings (SSSR count). The van der Waals surface area contributed by atoms with Crippen molar-refractivity contribution < 1.29 is 14.4 Å². The van der Waals surface area contributed by atoms with Crippen molar-refractivity contribution in [3.05, 3.63) is 34.5 Å². The van der Waals surface area contributed by atoms with E-state index < -0.39 is 10.9 Å². The van der Waals surface area contributed by atoms with E-state index in [0.717, 1.165) is 0 Å². The lowest BCUT2D eigenvalue weighted by Gasteiger charge is -2.05. The van der Waals surface area contributed by atoms with E-state index in [1.165, 1.54) is 18.4 Å². The van der Waals surface area contributed by atoms with E-state index in [1.807, 2.05) is 5.43 Å². The molecule has 0 fully saturated rings. The number of hydrogen-bond donors (Lipinski definition) is 3. The van der Waals surface area contributed by atoms with Crippen LogP contribution in [0.5, 0.6) is 0 Å². The lowest BCUT2D eigenvalue weighted by molar-refractivity contribution is -0.388. The van der Waals surface area contributed by atoms with Crippen LogP contribution in [0.25, 0.3) is 0 Å². The van der Waals surface area contributed by atoms with E-state index >= 15 is 0 Å². The Kier molecular flexibility index (Phi) is 2.79. The van der Waals surface area contributed by atoms with Gasteiger partial charge in [0.05, 0.1) is 12.3 Å². The SMILES string of the molecule is NC(=O)NNC=C1C=CC(=[N+]([O-])[O-])O1. The molecular formula is C6H7N4O4-. The van der Waals surface area contributed by atoms with Crippen molar-refractivity contribution in [1.82, 2.24) is 10.9 Å². The van der Waals surface area contributed by atoms with Crippen molar-refractivity contribution in [2.75, 3.05) is 0 Å². The largest absolute Gasteiger partial charge is 0.610 e. The summed E-state index contributed by atoms with van der Waals surface area (Å²) in [6.07, 6.45) is 3.78. The number of nitrogens with two attached hydrogens (primary N) is 1. The van der Waals surface area contributed by atoms with Gasteiger partial charge in [-0.2, -0.15) is 0 Å². The average molecular weight is 199 g/mol. The first-order chi connectivity index (χ1) is 6.59. The quantitative estimate of drug-likeness (QED) is 0.388. The molecule has 1 aliphatic heterocycles. The molecular weight excluding hydrogens is 192 g/mol. The topological polar surface area (TPSA) is 126 Å². The first kappa shape index (κ1) is 9.71. The predicted molar refractivity (Wildman–Crippen MR) is 46.2 cm³/mol. The van der Waals surface area contributed by atoms with Gasteiger partial charge in [0.15, 0.2) is 5.76 Å². The highest BCUT2D eigenvalue weighted by Gasteiger charge is 2.13. The molecule has 0 aromatic heterocycles. The minimum absolute atomic E-state index is 0.199. The van der Waals surface area contributed by atoms with Gasteiger partial charge in [-0.1, -0.05) is 0 Å². The molecule has 1 heterocycles. The van der Waals surface area contributed by atoms with E-state index in [1.54, 1.807) is 0 Å². The predicted octanol–water partition coefficient (Wildman–Crippen LogP) is -1.01. The minimum Gasteiger partial charge on any atom is -0.610 e. The molecule has 0 bridgehead atoms. The van der Waals surface area contributed by atoms with E-state index in [2.05, 4.69) is 5.43 Å². The van der Waals surface area contributed by atoms with Gasteiger partial charge in [-0.3, -0.25) is 5.43 Å². The number of hydrazine groups is 1. The fourth-order valence-electron chi connectivity index (χ4n) is 0.696. The number of primary amides is 1. The lowest BCUT2D eigenvalue weighted by atomic mass is 10.5. The number of carbonyl (C=O) groups excluding carboxylic acids is 1. The van der Waals surface area contributed by atoms with Crippen LogP contribution in [0, 0.1) is 10.4 Å². The van der Waals surface area contributed by atoms with Gasteiger partial charge in [-0.05, 0) is 6.08 Å². The third kappa shape index (κ3) is 2.59. The second kappa shape index (κ2) is 4.03. The number of carbonyl (C=O) groups is 1. The zero-order chi connectivity index (χ0) is 10.6. The molecule has 4 N–H and O–H groups in total. The molecule has 0 spiro atoms. The Balaban J connectivity index is 2.48. The van der Waals surface area contributed by atoms with Gasteiger partial charge in [0.25, 0.3) is 0 Å². The molecule has 0 radical (unpaired) electrons. The molecule has 2 amide bonds. The smallest absolute Gasteiger partial charge is 0.391 e. The van der Waals surface area contributed by atoms with E-state index in [9.17, 15) is 15.2 Å². The minimum atomic E-state index is -0.776. The van der Waals surface area contributed by atoms with Crippen molar-refractivity contribution in [3.63, 3.8) is 0 Å². The molecule has 0 atom stereocenters. The summed E-state index contributed by atoms with van der Waals surface area (Å²) in [5.41, 5.74) is 9.06. The van der Waals surface area contributed by atoms with Gasteiger partial charge in [0.2, 0.25) is 0 Å². The standard InChI is InChI=1S/C6H7N4O4/c7-6(11)9-8-3-4-1-2-5(14-4)10(12)13/h1-3,8H,(H3-,7,9,11,12,13)/q-1. The number of nitrogens with zero attached hydrogens (tertiary/aromatic N) is 1. The summed E-state index contributed by atoms with van der Waals surface area (Å²) < 4.78 is 4.72. The fraction of sp³-hybridized carbons (Fsp3) is 0. The monoisotopic (exact) mass is 199 g/mol. The first-order valence-corrected chi connectivity index (χ1v) is 3.48. The third-order valence-corrected chi connectivity index (χ3v) is 1.20. The summed E-state index contributed by atoms with van der Waals surface area (Å²) in [6.45, 7) is 0. The Morgan fingerprint density at radius 1 is 1.57 bits per heavy atom. The van der Waals surface area contributed by atoms with Crippen LogP contribution < -0.4 is 16.6 Å². The molecule has 14 heavy (non-hydrogen) atoms. The lowest BCUT2D eigenvalue weighted by Crippen LogP contribution is -2.38. The Bertz CT molecular complexity index is 329. The van der Waals surface area contributed by atoms with Crippen LogP contribution in [0.2, 0.25) is 0 Å². The van der Waals surface area contributed by atoms with Crippen LogP contribution in [-0.4, -0.2) is 16.8 Å². The Morgan fingerprint density at radius 3 is 2.79 bits per heavy atom. The van der Waals surface area contributed by atoms with Crippen molar-refractivity contribution in [2.45, 2.75) is 0 Å². The van der Waals surface area contributed by atoms with E-state index in [0.29, 0.717) is 0 Å². The second-order valence-corrected chi connectivity index (χ2v) is 2.21. The summed E-state index contributed by atoms with van der Waals surface area (Å²) in [5, 5.41) is 20.4. The molecule has 0 aromatic carbocycles. The third-order valence-electron chi connectivity index (χ3n) is 1.20. The molecule has 8 nitrogen and oxygen atoms in total. The maximum absolute atomic E-state index is 10.2. The highest BCUT2D eigenvalue weighted by molar-refractivity contribution is 5.87. The Hall–Kier alpha value is -2.38. The van der Waals surface area contributed by atoms with Gasteiger partial charge < -0.3 is 26.3 Å². The van der Waals surface area contributed by atoms with Gasteiger partial charge >= 0.3 is 11.9 Å². The number of hydrogen-bond acceptors (Lipinski definition) is 5. The number of nitrogens with one attached hydrogen (secondary N) is 2. The van der Waals surface area contributed by atoms with Crippen LogP contribution in [0.4, 0.5) is 4.79 Å². The molecule has 0 saturated carbocycles. The van der Waals surface area contributed by atoms with Crippen LogP contribution >= 0.6 is 0 Å². The number of rotatable bonds is 2. The molecule has 0 saturated heterocycles. The van der Waals surface area contributed by atoms with E-state index in [-0.39, 0.29) is 11.7 Å². The van der Waals surface area contributed by atoms with Crippen molar-refractivity contribution in [2.24, 2.45) is 5.73 Å². The van der Waals surface area contributed by atoms with Gasteiger partial charge in [0, 0.05) is 0 Å². The van der Waals surface area contributed by atoms with Gasteiger partial charge in [0.1, 0.15) is 0 Å². The highest BCUT2D eigenvalue weighted by Crippen LogP contribution is 2.08. The molecule has 0 aliphatic carbocycles. The summed E-state index contributed by atoms with van der Waals surface area (Å²) in [6, 6.07) is -0.776. The number of urea groups is 1. The molecule has 1 aliphatic rings. The average Bonchev–Trinajstić information content (AvgIpc) is 2.52. The summed E-state index contributed by atoms with van der Waals surface area (Å²) >= 11 is 0. The normalized spacial score (nSPS) is 16.6. The van der Waals surface area contributed by atoms with Crippen molar-refractivity contribution in [1.29, 1.82) is 0 Å². The zero-order valence-corrected chi connectivity index (χ0v) is 6.89. The van der Waals surface area contributed by atoms with Crippen molar-refractivity contribution in [3.8, 4) is 0 Å². The number of allylic oxidation sites excluding steroid dienone is 1.